The zero-order chi connectivity index (χ0) is 12.3. The van der Waals surface area contributed by atoms with Crippen LogP contribution in [0.4, 0.5) is 0 Å². The first-order valence-electron chi connectivity index (χ1n) is 7.72. The maximum Gasteiger partial charge on any atom is 0.0602 e. The molecule has 0 radical (unpaired) electrons. The summed E-state index contributed by atoms with van der Waals surface area (Å²) in [4.78, 5) is 0. The fourth-order valence-electron chi connectivity index (χ4n) is 3.78. The molecule has 0 aliphatic heterocycles. The predicted molar refractivity (Wildman–Crippen MR) is 73.2 cm³/mol. The molecule has 1 heteroatoms. The fourth-order valence-corrected chi connectivity index (χ4v) is 3.78. The molecule has 2 saturated carbocycles. The molecule has 0 aromatic carbocycles. The van der Waals surface area contributed by atoms with Crippen molar-refractivity contribution < 1.29 is 4.74 Å². The van der Waals surface area contributed by atoms with Crippen LogP contribution < -0.4 is 0 Å². The monoisotopic (exact) mass is 238 g/mol. The van der Waals surface area contributed by atoms with Crippen LogP contribution in [0.15, 0.2) is 0 Å². The van der Waals surface area contributed by atoms with Gasteiger partial charge >= 0.3 is 0 Å². The molecule has 2 fully saturated rings. The van der Waals surface area contributed by atoms with Gasteiger partial charge in [-0.2, -0.15) is 0 Å². The zero-order valence-corrected chi connectivity index (χ0v) is 12.0. The summed E-state index contributed by atoms with van der Waals surface area (Å²) in [5.41, 5.74) is 0.0440. The Morgan fingerprint density at radius 1 is 0.706 bits per heavy atom. The first-order chi connectivity index (χ1) is 8.04. The van der Waals surface area contributed by atoms with E-state index >= 15 is 0 Å². The van der Waals surface area contributed by atoms with E-state index in [1.54, 1.807) is 0 Å². The Bertz CT molecular complexity index is 214. The normalized spacial score (nSPS) is 32.6. The molecule has 2 rings (SSSR count). The Labute approximate surface area is 107 Å². The van der Waals surface area contributed by atoms with Gasteiger partial charge in [-0.3, -0.25) is 0 Å². The summed E-state index contributed by atoms with van der Waals surface area (Å²) in [5.74, 6) is 2.08. The molecule has 100 valence electrons. The first kappa shape index (κ1) is 13.4. The van der Waals surface area contributed by atoms with Crippen LogP contribution in [0.3, 0.4) is 0 Å². The highest BCUT2D eigenvalue weighted by molar-refractivity contribution is 4.81. The minimum Gasteiger partial charge on any atom is -0.373 e. The van der Waals surface area contributed by atoms with Gasteiger partial charge in [0.1, 0.15) is 0 Å². The molecular formula is C16H30O. The minimum atomic E-state index is 0.0440. The zero-order valence-electron chi connectivity index (χ0n) is 12.0. The number of hydrogen-bond donors (Lipinski definition) is 0. The van der Waals surface area contributed by atoms with Crippen LogP contribution in [0.25, 0.3) is 0 Å². The van der Waals surface area contributed by atoms with Crippen molar-refractivity contribution in [2.24, 2.45) is 11.8 Å². The van der Waals surface area contributed by atoms with E-state index in [-0.39, 0.29) is 5.60 Å². The molecule has 0 unspecified atom stereocenters. The first-order valence-corrected chi connectivity index (χ1v) is 7.72. The van der Waals surface area contributed by atoms with Crippen LogP contribution in [-0.4, -0.2) is 11.7 Å². The van der Waals surface area contributed by atoms with Gasteiger partial charge in [-0.25, -0.2) is 0 Å². The van der Waals surface area contributed by atoms with Gasteiger partial charge in [-0.05, 0) is 58.3 Å². The van der Waals surface area contributed by atoms with Crippen molar-refractivity contribution in [2.45, 2.75) is 90.3 Å². The van der Waals surface area contributed by atoms with Crippen LogP contribution in [0.2, 0.25) is 0 Å². The average molecular weight is 238 g/mol. The standard InChI is InChI=1S/C16H30O/c1-16(2,3)17-15-11-9-14(10-12-15)13-7-5-4-6-8-13/h13-15H,4-12H2,1-3H3. The lowest BCUT2D eigenvalue weighted by molar-refractivity contribution is -0.0816. The SMILES string of the molecule is CC(C)(C)OC1CCC(C2CCCCC2)CC1. The molecule has 2 aliphatic carbocycles. The van der Waals surface area contributed by atoms with E-state index in [1.807, 2.05) is 0 Å². The van der Waals surface area contributed by atoms with E-state index in [9.17, 15) is 0 Å². The maximum atomic E-state index is 6.11. The molecule has 0 saturated heterocycles. The lowest BCUT2D eigenvalue weighted by Crippen LogP contribution is -2.32. The van der Waals surface area contributed by atoms with Gasteiger partial charge in [0, 0.05) is 0 Å². The second kappa shape index (κ2) is 5.73. The second-order valence-electron chi connectivity index (χ2n) is 7.17. The second-order valence-corrected chi connectivity index (χ2v) is 7.17. The van der Waals surface area contributed by atoms with E-state index in [0.717, 1.165) is 11.8 Å². The maximum absolute atomic E-state index is 6.11. The molecule has 1 nitrogen and oxygen atoms in total. The van der Waals surface area contributed by atoms with Gasteiger partial charge in [0.25, 0.3) is 0 Å². The van der Waals surface area contributed by atoms with Crippen molar-refractivity contribution in [3.8, 4) is 0 Å². The third kappa shape index (κ3) is 4.28. The lowest BCUT2D eigenvalue weighted by atomic mass is 9.73. The van der Waals surface area contributed by atoms with Gasteiger partial charge in [0.05, 0.1) is 11.7 Å². The summed E-state index contributed by atoms with van der Waals surface area (Å²) in [5, 5.41) is 0. The van der Waals surface area contributed by atoms with Gasteiger partial charge in [-0.1, -0.05) is 32.1 Å². The summed E-state index contributed by atoms with van der Waals surface area (Å²) in [7, 11) is 0. The molecule has 0 heterocycles. The van der Waals surface area contributed by atoms with E-state index in [2.05, 4.69) is 20.8 Å². The van der Waals surface area contributed by atoms with Crippen molar-refractivity contribution in [1.82, 2.24) is 0 Å². The van der Waals surface area contributed by atoms with Crippen LogP contribution in [-0.2, 0) is 4.74 Å². The van der Waals surface area contributed by atoms with E-state index < -0.39 is 0 Å². The molecule has 17 heavy (non-hydrogen) atoms. The topological polar surface area (TPSA) is 9.23 Å². The predicted octanol–water partition coefficient (Wildman–Crippen LogP) is 4.94. The summed E-state index contributed by atoms with van der Waals surface area (Å²) in [6.45, 7) is 6.54. The number of rotatable bonds is 2. The van der Waals surface area contributed by atoms with Crippen LogP contribution in [0.1, 0.15) is 78.6 Å². The van der Waals surface area contributed by atoms with Crippen molar-refractivity contribution in [1.29, 1.82) is 0 Å². The molecular weight excluding hydrogens is 208 g/mol. The van der Waals surface area contributed by atoms with Crippen molar-refractivity contribution in [3.05, 3.63) is 0 Å². The third-order valence-electron chi connectivity index (χ3n) is 4.56. The van der Waals surface area contributed by atoms with Crippen LogP contribution >= 0.6 is 0 Å². The quantitative estimate of drug-likeness (QED) is 0.662. The highest BCUT2D eigenvalue weighted by Crippen LogP contribution is 2.39. The summed E-state index contributed by atoms with van der Waals surface area (Å²) < 4.78 is 6.11. The van der Waals surface area contributed by atoms with Crippen LogP contribution in [0.5, 0.6) is 0 Å². The molecule has 0 N–H and O–H groups in total. The van der Waals surface area contributed by atoms with Gasteiger partial charge in [0.15, 0.2) is 0 Å². The molecule has 0 bridgehead atoms. The van der Waals surface area contributed by atoms with Gasteiger partial charge < -0.3 is 4.74 Å². The Balaban J connectivity index is 1.73. The van der Waals surface area contributed by atoms with Crippen molar-refractivity contribution in [3.63, 3.8) is 0 Å². The van der Waals surface area contributed by atoms with E-state index in [0.29, 0.717) is 6.10 Å². The molecule has 0 aromatic heterocycles. The van der Waals surface area contributed by atoms with Crippen molar-refractivity contribution >= 4 is 0 Å². The fraction of sp³-hybridized carbons (Fsp3) is 1.00. The lowest BCUT2D eigenvalue weighted by Gasteiger charge is -2.37. The largest absolute Gasteiger partial charge is 0.373 e. The summed E-state index contributed by atoms with van der Waals surface area (Å²) in [6, 6.07) is 0. The number of hydrogen-bond acceptors (Lipinski definition) is 1. The summed E-state index contributed by atoms with van der Waals surface area (Å²) >= 11 is 0. The molecule has 0 amide bonds. The Morgan fingerprint density at radius 3 is 1.76 bits per heavy atom. The highest BCUT2D eigenvalue weighted by Gasteiger charge is 2.30. The van der Waals surface area contributed by atoms with Crippen LogP contribution in [0, 0.1) is 11.8 Å². The Morgan fingerprint density at radius 2 is 1.24 bits per heavy atom. The summed E-state index contributed by atoms with van der Waals surface area (Å²) in [6.07, 6.45) is 13.5. The van der Waals surface area contributed by atoms with Gasteiger partial charge in [-0.15, -0.1) is 0 Å². The highest BCUT2D eigenvalue weighted by atomic mass is 16.5. The van der Waals surface area contributed by atoms with Gasteiger partial charge in [0.2, 0.25) is 0 Å². The minimum absolute atomic E-state index is 0.0440. The van der Waals surface area contributed by atoms with Crippen molar-refractivity contribution in [2.75, 3.05) is 0 Å². The van der Waals surface area contributed by atoms with E-state index in [4.69, 9.17) is 4.74 Å². The smallest absolute Gasteiger partial charge is 0.0602 e. The average Bonchev–Trinajstić information content (AvgIpc) is 2.29. The molecule has 0 aromatic rings. The number of ether oxygens (including phenoxy) is 1. The third-order valence-corrected chi connectivity index (χ3v) is 4.56. The molecule has 2 aliphatic rings. The van der Waals surface area contributed by atoms with E-state index in [1.165, 1.54) is 57.8 Å². The molecule has 0 atom stereocenters. The Kier molecular flexibility index (Phi) is 4.52. The Hall–Kier alpha value is -0.0400. The molecule has 0 spiro atoms.